The van der Waals surface area contributed by atoms with Gasteiger partial charge in [0, 0.05) is 78.1 Å². The second-order valence-electron chi connectivity index (χ2n) is 11.0. The predicted molar refractivity (Wildman–Crippen MR) is 140 cm³/mol. The van der Waals surface area contributed by atoms with Crippen LogP contribution in [0.5, 0.6) is 0 Å². The molecule has 1 amide bonds. The van der Waals surface area contributed by atoms with Crippen molar-refractivity contribution in [2.75, 3.05) is 13.1 Å². The number of hydrogen-bond acceptors (Lipinski definition) is 5. The minimum Gasteiger partial charge on any atom is -0.461 e. The van der Waals surface area contributed by atoms with Gasteiger partial charge in [-0.15, -0.1) is 0 Å². The predicted octanol–water partition coefficient (Wildman–Crippen LogP) is 4.47. The first kappa shape index (κ1) is 22.6. The molecule has 7 nitrogen and oxygen atoms in total. The molecule has 7 rings (SSSR count). The lowest BCUT2D eigenvalue weighted by atomic mass is 9.83. The maximum Gasteiger partial charge on any atom is 0.339 e. The van der Waals surface area contributed by atoms with E-state index in [9.17, 15) is 14.4 Å². The molecule has 2 aliphatic heterocycles. The molecule has 37 heavy (non-hydrogen) atoms. The molecule has 0 saturated carbocycles. The van der Waals surface area contributed by atoms with Gasteiger partial charge in [-0.2, -0.15) is 0 Å². The van der Waals surface area contributed by atoms with Crippen molar-refractivity contribution in [1.82, 2.24) is 9.47 Å². The van der Waals surface area contributed by atoms with Crippen molar-refractivity contribution >= 4 is 27.8 Å². The number of aromatic nitrogens is 1. The second-order valence-corrected chi connectivity index (χ2v) is 11.0. The van der Waals surface area contributed by atoms with Gasteiger partial charge in [0.05, 0.1) is 0 Å². The number of fused-ring (bicyclic) bond motifs is 8. The van der Waals surface area contributed by atoms with Crippen LogP contribution in [0.3, 0.4) is 0 Å². The molecular weight excluding hydrogens is 468 g/mol. The van der Waals surface area contributed by atoms with Crippen LogP contribution < -0.4 is 11.2 Å². The molecular formula is C30H30N2O5. The Balaban J connectivity index is 1.14. The van der Waals surface area contributed by atoms with Crippen LogP contribution in [0.1, 0.15) is 59.7 Å². The maximum absolute atomic E-state index is 13.3. The average molecular weight is 499 g/mol. The first-order valence-electron chi connectivity index (χ1n) is 13.4. The number of carbonyl (C=O) groups excluding carboxylic acids is 1. The smallest absolute Gasteiger partial charge is 0.339 e. The lowest BCUT2D eigenvalue weighted by Gasteiger charge is -2.42. The van der Waals surface area contributed by atoms with Crippen molar-refractivity contribution in [2.24, 2.45) is 5.92 Å². The molecule has 0 unspecified atom stereocenters. The fourth-order valence-electron chi connectivity index (χ4n) is 6.92. The molecule has 1 aromatic carbocycles. The molecule has 190 valence electrons. The number of piperidine rings is 1. The van der Waals surface area contributed by atoms with Gasteiger partial charge in [0.1, 0.15) is 16.9 Å². The highest BCUT2D eigenvalue weighted by Crippen LogP contribution is 2.37. The van der Waals surface area contributed by atoms with Crippen LogP contribution in [0.4, 0.5) is 0 Å². The second kappa shape index (κ2) is 8.47. The van der Waals surface area contributed by atoms with Crippen LogP contribution in [0.2, 0.25) is 0 Å². The standard InChI is InChI=1S/C30H30N2O5/c1-17-20(30(35)37-26-13-27-23(12-22(17)26)21-5-2-3-7-25(21)36-27)9-10-28(33)31-14-18-11-19(16-31)24-6-4-8-29(34)32(24)15-18/h4,6,8,12-13,18-19H,2-3,5,7,9-11,14-16H2,1H3/t18-,19+/m0/s1. The Morgan fingerprint density at radius 3 is 2.73 bits per heavy atom. The first-order valence-corrected chi connectivity index (χ1v) is 13.4. The zero-order chi connectivity index (χ0) is 25.3. The minimum atomic E-state index is -0.378. The quantitative estimate of drug-likeness (QED) is 0.389. The molecule has 1 saturated heterocycles. The molecule has 7 heteroatoms. The number of nitrogens with zero attached hydrogens (tertiary/aromatic N) is 2. The van der Waals surface area contributed by atoms with Crippen LogP contribution in [-0.4, -0.2) is 28.5 Å². The SMILES string of the molecule is Cc1c(CCC(=O)N2C[C@@H]3C[C@H](C2)c2cccc(=O)n2C3)c(=O)oc2cc3oc4c(c3cc12)CCCC4. The number of aryl methyl sites for hydroxylation is 3. The van der Waals surface area contributed by atoms with Gasteiger partial charge in [-0.05, 0) is 62.6 Å². The molecule has 5 heterocycles. The van der Waals surface area contributed by atoms with E-state index in [-0.39, 0.29) is 35.3 Å². The highest BCUT2D eigenvalue weighted by molar-refractivity contribution is 5.97. The minimum absolute atomic E-state index is 0.0405. The van der Waals surface area contributed by atoms with Crippen LogP contribution in [0.25, 0.3) is 21.9 Å². The van der Waals surface area contributed by atoms with Crippen molar-refractivity contribution < 1.29 is 13.6 Å². The van der Waals surface area contributed by atoms with Gasteiger partial charge >= 0.3 is 5.63 Å². The summed E-state index contributed by atoms with van der Waals surface area (Å²) < 4.78 is 13.7. The van der Waals surface area contributed by atoms with E-state index in [1.54, 1.807) is 6.07 Å². The molecule has 2 bridgehead atoms. The van der Waals surface area contributed by atoms with Gasteiger partial charge in [0.2, 0.25) is 5.91 Å². The molecule has 1 fully saturated rings. The number of hydrogen-bond donors (Lipinski definition) is 0. The van der Waals surface area contributed by atoms with E-state index in [0.29, 0.717) is 37.2 Å². The van der Waals surface area contributed by atoms with Crippen LogP contribution in [0.15, 0.2) is 48.8 Å². The summed E-state index contributed by atoms with van der Waals surface area (Å²) >= 11 is 0. The van der Waals surface area contributed by atoms with Crippen LogP contribution >= 0.6 is 0 Å². The van der Waals surface area contributed by atoms with Gasteiger partial charge in [-0.1, -0.05) is 6.07 Å². The van der Waals surface area contributed by atoms with E-state index in [0.717, 1.165) is 65.5 Å². The van der Waals surface area contributed by atoms with E-state index < -0.39 is 0 Å². The lowest BCUT2D eigenvalue weighted by molar-refractivity contribution is -0.133. The van der Waals surface area contributed by atoms with Gasteiger partial charge in [0.15, 0.2) is 0 Å². The summed E-state index contributed by atoms with van der Waals surface area (Å²) in [5, 5.41) is 2.03. The number of likely N-dealkylation sites (tertiary alicyclic amines) is 1. The molecule has 3 aromatic heterocycles. The normalized spacial score (nSPS) is 20.7. The third kappa shape index (κ3) is 3.66. The van der Waals surface area contributed by atoms with Crippen LogP contribution in [0, 0.1) is 12.8 Å². The fraction of sp³-hybridized carbons (Fsp3) is 0.433. The third-order valence-corrected chi connectivity index (χ3v) is 8.78. The molecule has 0 spiro atoms. The summed E-state index contributed by atoms with van der Waals surface area (Å²) in [7, 11) is 0. The van der Waals surface area contributed by atoms with Gasteiger partial charge in [-0.3, -0.25) is 9.59 Å². The first-order chi connectivity index (χ1) is 18.0. The molecule has 1 aliphatic carbocycles. The van der Waals surface area contributed by atoms with Crippen molar-refractivity contribution in [1.29, 1.82) is 0 Å². The van der Waals surface area contributed by atoms with E-state index in [4.69, 9.17) is 8.83 Å². The largest absolute Gasteiger partial charge is 0.461 e. The summed E-state index contributed by atoms with van der Waals surface area (Å²) in [4.78, 5) is 40.5. The highest BCUT2D eigenvalue weighted by atomic mass is 16.4. The van der Waals surface area contributed by atoms with E-state index in [1.807, 2.05) is 34.6 Å². The molecule has 2 atom stereocenters. The summed E-state index contributed by atoms with van der Waals surface area (Å²) in [6, 6.07) is 9.38. The molecule has 0 N–H and O–H groups in total. The Hall–Kier alpha value is -3.61. The van der Waals surface area contributed by atoms with Crippen molar-refractivity contribution in [3.63, 3.8) is 0 Å². The number of carbonyl (C=O) groups is 1. The van der Waals surface area contributed by atoms with Gasteiger partial charge in [0.25, 0.3) is 5.56 Å². The zero-order valence-electron chi connectivity index (χ0n) is 21.0. The molecule has 0 radical (unpaired) electrons. The molecule has 4 aromatic rings. The Bertz CT molecular complexity index is 1690. The van der Waals surface area contributed by atoms with E-state index >= 15 is 0 Å². The Morgan fingerprint density at radius 1 is 1.00 bits per heavy atom. The monoisotopic (exact) mass is 498 g/mol. The maximum atomic E-state index is 13.3. The Morgan fingerprint density at radius 2 is 1.84 bits per heavy atom. The van der Waals surface area contributed by atoms with E-state index in [2.05, 4.69) is 6.07 Å². The fourth-order valence-corrected chi connectivity index (χ4v) is 6.92. The molecule has 3 aliphatic rings. The summed E-state index contributed by atoms with van der Waals surface area (Å²) in [6.07, 6.45) is 5.90. The number of furan rings is 1. The summed E-state index contributed by atoms with van der Waals surface area (Å²) in [5.74, 6) is 1.58. The van der Waals surface area contributed by atoms with E-state index in [1.165, 1.54) is 5.56 Å². The Kier molecular flexibility index (Phi) is 5.17. The summed E-state index contributed by atoms with van der Waals surface area (Å²) in [5.41, 5.74) is 4.75. The number of benzene rings is 1. The van der Waals surface area contributed by atoms with Crippen molar-refractivity contribution in [3.8, 4) is 0 Å². The number of rotatable bonds is 3. The average Bonchev–Trinajstić information content (AvgIpc) is 3.25. The zero-order valence-corrected chi connectivity index (χ0v) is 21.0. The van der Waals surface area contributed by atoms with Crippen molar-refractivity contribution in [3.05, 3.63) is 79.3 Å². The highest BCUT2D eigenvalue weighted by Gasteiger charge is 2.36. The van der Waals surface area contributed by atoms with Crippen molar-refractivity contribution in [2.45, 2.75) is 64.3 Å². The summed E-state index contributed by atoms with van der Waals surface area (Å²) in [6.45, 7) is 3.89. The topological polar surface area (TPSA) is 85.7 Å². The van der Waals surface area contributed by atoms with Crippen LogP contribution in [-0.2, 0) is 30.6 Å². The van der Waals surface area contributed by atoms with Gasteiger partial charge < -0.3 is 18.3 Å². The third-order valence-electron chi connectivity index (χ3n) is 8.78. The number of pyridine rings is 1. The lowest BCUT2D eigenvalue weighted by Crippen LogP contribution is -2.49. The Labute approximate surface area is 213 Å². The van der Waals surface area contributed by atoms with Gasteiger partial charge in [-0.25, -0.2) is 4.79 Å². The number of amides is 1.